The van der Waals surface area contributed by atoms with Gasteiger partial charge < -0.3 is 0 Å². The molecule has 0 unspecified atom stereocenters. The quantitative estimate of drug-likeness (QED) is 0.478. The molecule has 0 fully saturated rings. The van der Waals surface area contributed by atoms with Gasteiger partial charge in [0.1, 0.15) is 0 Å². The number of halogens is 1. The van der Waals surface area contributed by atoms with Crippen molar-refractivity contribution in [3.05, 3.63) is 94.8 Å². The van der Waals surface area contributed by atoms with E-state index in [9.17, 15) is 4.79 Å². The minimum Gasteiger partial charge on any atom is -0.281 e. The van der Waals surface area contributed by atoms with Gasteiger partial charge in [-0.15, -0.1) is 0 Å². The molecule has 24 heavy (non-hydrogen) atoms. The molecular weight excluding hydrogens is 338 g/mol. The van der Waals surface area contributed by atoms with E-state index in [0.29, 0.717) is 16.1 Å². The molecule has 0 aliphatic carbocycles. The lowest BCUT2D eigenvalue weighted by atomic mass is 10.2. The normalized spacial score (nSPS) is 9.88. The SMILES string of the molecule is O=C(Sc1ccc(Cl)cc1)c1cncc(C#Cc2ccccc2)c1. The number of rotatable bonds is 2. The zero-order valence-electron chi connectivity index (χ0n) is 12.6. The summed E-state index contributed by atoms with van der Waals surface area (Å²) in [5.41, 5.74) is 2.15. The molecule has 0 N–H and O–H groups in total. The summed E-state index contributed by atoms with van der Waals surface area (Å²) in [4.78, 5) is 17.3. The van der Waals surface area contributed by atoms with Crippen LogP contribution in [-0.4, -0.2) is 10.1 Å². The van der Waals surface area contributed by atoms with Crippen LogP contribution in [0.3, 0.4) is 0 Å². The van der Waals surface area contributed by atoms with Crippen molar-refractivity contribution in [2.75, 3.05) is 0 Å². The van der Waals surface area contributed by atoms with Gasteiger partial charge in [-0.1, -0.05) is 41.6 Å². The van der Waals surface area contributed by atoms with Crippen molar-refractivity contribution < 1.29 is 4.79 Å². The lowest BCUT2D eigenvalue weighted by molar-refractivity contribution is 0.108. The summed E-state index contributed by atoms with van der Waals surface area (Å²) in [6.07, 6.45) is 3.21. The molecule has 2 aromatic carbocycles. The largest absolute Gasteiger partial charge is 0.281 e. The number of benzene rings is 2. The van der Waals surface area contributed by atoms with Crippen LogP contribution in [0.15, 0.2) is 78.0 Å². The van der Waals surface area contributed by atoms with Gasteiger partial charge in [-0.2, -0.15) is 0 Å². The second-order valence-corrected chi connectivity index (χ2v) is 6.40. The highest BCUT2D eigenvalue weighted by molar-refractivity contribution is 8.14. The van der Waals surface area contributed by atoms with E-state index < -0.39 is 0 Å². The molecule has 0 saturated carbocycles. The molecule has 1 heterocycles. The predicted molar refractivity (Wildman–Crippen MR) is 98.3 cm³/mol. The molecule has 4 heteroatoms. The molecular formula is C20H12ClNOS. The Balaban J connectivity index is 1.76. The van der Waals surface area contributed by atoms with Crippen LogP contribution in [0.2, 0.25) is 5.02 Å². The fourth-order valence-electron chi connectivity index (χ4n) is 1.95. The third kappa shape index (κ3) is 4.48. The molecule has 0 atom stereocenters. The van der Waals surface area contributed by atoms with Crippen molar-refractivity contribution in [1.82, 2.24) is 4.98 Å². The maximum Gasteiger partial charge on any atom is 0.225 e. The van der Waals surface area contributed by atoms with Gasteiger partial charge >= 0.3 is 0 Å². The van der Waals surface area contributed by atoms with E-state index in [4.69, 9.17) is 11.6 Å². The summed E-state index contributed by atoms with van der Waals surface area (Å²) < 4.78 is 0. The molecule has 116 valence electrons. The van der Waals surface area contributed by atoms with Crippen LogP contribution in [0.5, 0.6) is 0 Å². The first-order valence-corrected chi connectivity index (χ1v) is 8.40. The molecule has 0 saturated heterocycles. The molecule has 0 bridgehead atoms. The first-order chi connectivity index (χ1) is 11.7. The Kier molecular flexibility index (Phi) is 5.32. The molecule has 1 aromatic heterocycles. The van der Waals surface area contributed by atoms with Gasteiger partial charge in [-0.05, 0) is 54.2 Å². The highest BCUT2D eigenvalue weighted by atomic mass is 35.5. The van der Waals surface area contributed by atoms with Crippen molar-refractivity contribution in [3.8, 4) is 11.8 Å². The van der Waals surface area contributed by atoms with Crippen LogP contribution >= 0.6 is 23.4 Å². The summed E-state index contributed by atoms with van der Waals surface area (Å²) >= 11 is 6.99. The first kappa shape index (κ1) is 16.3. The highest BCUT2D eigenvalue weighted by Gasteiger charge is 2.09. The van der Waals surface area contributed by atoms with Crippen molar-refractivity contribution in [3.63, 3.8) is 0 Å². The summed E-state index contributed by atoms with van der Waals surface area (Å²) in [5, 5.41) is 0.569. The van der Waals surface area contributed by atoms with Crippen molar-refractivity contribution >= 4 is 28.5 Å². The number of thioether (sulfide) groups is 1. The Bertz CT molecular complexity index is 912. The zero-order chi connectivity index (χ0) is 16.8. The van der Waals surface area contributed by atoms with E-state index >= 15 is 0 Å². The maximum absolute atomic E-state index is 12.4. The van der Waals surface area contributed by atoms with Crippen molar-refractivity contribution in [1.29, 1.82) is 0 Å². The van der Waals surface area contributed by atoms with Gasteiger partial charge in [0.05, 0.1) is 0 Å². The number of hydrogen-bond acceptors (Lipinski definition) is 3. The molecule has 3 rings (SSSR count). The lowest BCUT2D eigenvalue weighted by Gasteiger charge is -2.01. The number of nitrogens with zero attached hydrogens (tertiary/aromatic N) is 1. The molecule has 0 aliphatic rings. The van der Waals surface area contributed by atoms with Crippen LogP contribution in [0, 0.1) is 11.8 Å². The van der Waals surface area contributed by atoms with Crippen LogP contribution in [0.1, 0.15) is 21.5 Å². The topological polar surface area (TPSA) is 30.0 Å². The molecule has 3 aromatic rings. The summed E-state index contributed by atoms with van der Waals surface area (Å²) in [6, 6.07) is 18.6. The molecule has 0 radical (unpaired) electrons. The standard InChI is InChI=1S/C20H12ClNOS/c21-18-8-10-19(11-9-18)24-20(23)17-12-16(13-22-14-17)7-6-15-4-2-1-3-5-15/h1-5,8-14H. The van der Waals surface area contributed by atoms with E-state index in [2.05, 4.69) is 16.8 Å². The maximum atomic E-state index is 12.4. The summed E-state index contributed by atoms with van der Waals surface area (Å²) in [6.45, 7) is 0. The van der Waals surface area contributed by atoms with Crippen LogP contribution in [0.25, 0.3) is 0 Å². The molecule has 0 amide bonds. The number of carbonyl (C=O) groups is 1. The van der Waals surface area contributed by atoms with Gasteiger partial charge in [0.25, 0.3) is 0 Å². The fraction of sp³-hybridized carbons (Fsp3) is 0. The van der Waals surface area contributed by atoms with E-state index in [1.165, 1.54) is 0 Å². The van der Waals surface area contributed by atoms with E-state index in [0.717, 1.165) is 22.2 Å². The second kappa shape index (κ2) is 7.83. The lowest BCUT2D eigenvalue weighted by Crippen LogP contribution is -1.95. The van der Waals surface area contributed by atoms with Crippen molar-refractivity contribution in [2.24, 2.45) is 0 Å². The Labute approximate surface area is 149 Å². The molecule has 0 aliphatic heterocycles. The third-order valence-corrected chi connectivity index (χ3v) is 4.30. The predicted octanol–water partition coefficient (Wildman–Crippen LogP) is 5.07. The van der Waals surface area contributed by atoms with Gasteiger partial charge in [-0.25, -0.2) is 0 Å². The zero-order valence-corrected chi connectivity index (χ0v) is 14.1. The van der Waals surface area contributed by atoms with Crippen LogP contribution in [0.4, 0.5) is 0 Å². The highest BCUT2D eigenvalue weighted by Crippen LogP contribution is 2.24. The average molecular weight is 350 g/mol. The summed E-state index contributed by atoms with van der Waals surface area (Å²) in [5.74, 6) is 6.10. The third-order valence-electron chi connectivity index (χ3n) is 3.12. The number of pyridine rings is 1. The Morgan fingerprint density at radius 1 is 0.917 bits per heavy atom. The van der Waals surface area contributed by atoms with Gasteiger partial charge in [0, 0.05) is 39.0 Å². The monoisotopic (exact) mass is 349 g/mol. The number of aromatic nitrogens is 1. The fourth-order valence-corrected chi connectivity index (χ4v) is 2.80. The second-order valence-electron chi connectivity index (χ2n) is 4.92. The first-order valence-electron chi connectivity index (χ1n) is 7.20. The summed E-state index contributed by atoms with van der Waals surface area (Å²) in [7, 11) is 0. The average Bonchev–Trinajstić information content (AvgIpc) is 2.63. The van der Waals surface area contributed by atoms with Gasteiger partial charge in [0.2, 0.25) is 5.12 Å². The molecule has 2 nitrogen and oxygen atoms in total. The van der Waals surface area contributed by atoms with Gasteiger partial charge in [0.15, 0.2) is 0 Å². The number of carbonyl (C=O) groups excluding carboxylic acids is 1. The Hall–Kier alpha value is -2.54. The van der Waals surface area contributed by atoms with Crippen molar-refractivity contribution in [2.45, 2.75) is 4.90 Å². The molecule has 0 spiro atoms. The van der Waals surface area contributed by atoms with E-state index in [1.54, 1.807) is 30.6 Å². The van der Waals surface area contributed by atoms with Crippen LogP contribution in [-0.2, 0) is 0 Å². The van der Waals surface area contributed by atoms with E-state index in [-0.39, 0.29) is 5.12 Å². The Morgan fingerprint density at radius 3 is 2.38 bits per heavy atom. The minimum absolute atomic E-state index is 0.0758. The van der Waals surface area contributed by atoms with Gasteiger partial charge in [-0.3, -0.25) is 9.78 Å². The minimum atomic E-state index is -0.0758. The number of hydrogen-bond donors (Lipinski definition) is 0. The van der Waals surface area contributed by atoms with E-state index in [1.807, 2.05) is 42.5 Å². The Morgan fingerprint density at radius 2 is 1.62 bits per heavy atom. The van der Waals surface area contributed by atoms with Crippen LogP contribution < -0.4 is 0 Å². The smallest absolute Gasteiger partial charge is 0.225 e.